The third kappa shape index (κ3) is 3.14. The fourth-order valence-corrected chi connectivity index (χ4v) is 2.34. The van der Waals surface area contributed by atoms with Crippen LogP contribution >= 0.6 is 0 Å². The van der Waals surface area contributed by atoms with Crippen LogP contribution in [-0.2, 0) is 16.2 Å². The van der Waals surface area contributed by atoms with Crippen LogP contribution in [0.1, 0.15) is 5.56 Å². The molecule has 0 fully saturated rings. The van der Waals surface area contributed by atoms with Crippen molar-refractivity contribution >= 4 is 10.0 Å². The molecule has 0 radical (unpaired) electrons. The third-order valence-electron chi connectivity index (χ3n) is 2.73. The number of aromatic amines is 1. The molecule has 21 heavy (non-hydrogen) atoms. The van der Waals surface area contributed by atoms with Gasteiger partial charge in [0.15, 0.2) is 0 Å². The second-order valence-corrected chi connectivity index (χ2v) is 5.72. The van der Waals surface area contributed by atoms with Crippen molar-refractivity contribution in [2.75, 3.05) is 0 Å². The molecule has 0 amide bonds. The molecule has 3 N–H and O–H groups in total. The molecule has 0 bridgehead atoms. The summed E-state index contributed by atoms with van der Waals surface area (Å²) in [7, 11) is -4.28. The number of rotatable bonds is 2. The molecule has 5 nitrogen and oxygen atoms in total. The van der Waals surface area contributed by atoms with E-state index in [2.05, 4.69) is 4.98 Å². The molecule has 0 saturated carbocycles. The van der Waals surface area contributed by atoms with Crippen molar-refractivity contribution in [3.05, 3.63) is 52.4 Å². The van der Waals surface area contributed by atoms with Gasteiger partial charge in [-0.3, -0.25) is 4.79 Å². The van der Waals surface area contributed by atoms with E-state index in [9.17, 15) is 26.4 Å². The van der Waals surface area contributed by atoms with Crippen molar-refractivity contribution in [2.45, 2.75) is 11.1 Å². The second-order valence-electron chi connectivity index (χ2n) is 4.16. The number of sulfonamides is 1. The molecule has 9 heteroatoms. The third-order valence-corrected chi connectivity index (χ3v) is 3.64. The lowest BCUT2D eigenvalue weighted by molar-refractivity contribution is -0.137. The van der Waals surface area contributed by atoms with Gasteiger partial charge in [-0.25, -0.2) is 13.6 Å². The minimum absolute atomic E-state index is 0.217. The van der Waals surface area contributed by atoms with Gasteiger partial charge < -0.3 is 4.98 Å². The lowest BCUT2D eigenvalue weighted by Crippen LogP contribution is -2.16. The Bertz CT molecular complexity index is 841. The first-order valence-corrected chi connectivity index (χ1v) is 7.07. The first kappa shape index (κ1) is 15.3. The minimum Gasteiger partial charge on any atom is -0.329 e. The molecule has 0 aliphatic carbocycles. The molecule has 0 aliphatic rings. The molecule has 1 heterocycles. The lowest BCUT2D eigenvalue weighted by Gasteiger charge is -2.13. The van der Waals surface area contributed by atoms with Crippen LogP contribution in [0.15, 0.2) is 46.2 Å². The van der Waals surface area contributed by atoms with Crippen molar-refractivity contribution in [3.63, 3.8) is 0 Å². The average Bonchev–Trinajstić information content (AvgIpc) is 2.36. The van der Waals surface area contributed by atoms with E-state index in [-0.39, 0.29) is 5.56 Å². The van der Waals surface area contributed by atoms with E-state index < -0.39 is 37.8 Å². The SMILES string of the molecule is NS(=O)(=O)c1ccc(-c2ccc[nH]c2=O)c(C(F)(F)F)c1. The molecule has 0 spiro atoms. The zero-order valence-corrected chi connectivity index (χ0v) is 11.1. The quantitative estimate of drug-likeness (QED) is 0.882. The topological polar surface area (TPSA) is 93.0 Å². The van der Waals surface area contributed by atoms with Crippen molar-refractivity contribution in [2.24, 2.45) is 5.14 Å². The molecular formula is C12H9F3N2O3S. The first-order chi connectivity index (χ1) is 9.60. The van der Waals surface area contributed by atoms with E-state index in [0.717, 1.165) is 12.1 Å². The van der Waals surface area contributed by atoms with Gasteiger partial charge in [0.2, 0.25) is 10.0 Å². The fourth-order valence-electron chi connectivity index (χ4n) is 1.80. The Morgan fingerprint density at radius 3 is 2.29 bits per heavy atom. The average molecular weight is 318 g/mol. The fraction of sp³-hybridized carbons (Fsp3) is 0.0833. The van der Waals surface area contributed by atoms with Crippen LogP contribution in [0.2, 0.25) is 0 Å². The molecule has 2 rings (SSSR count). The Hall–Kier alpha value is -2.13. The molecule has 1 aromatic heterocycles. The number of hydrogen-bond donors (Lipinski definition) is 2. The smallest absolute Gasteiger partial charge is 0.329 e. The van der Waals surface area contributed by atoms with E-state index in [0.29, 0.717) is 6.07 Å². The summed E-state index contributed by atoms with van der Waals surface area (Å²) in [5, 5.41) is 4.82. The van der Waals surface area contributed by atoms with Crippen molar-refractivity contribution in [1.29, 1.82) is 0 Å². The number of benzene rings is 1. The molecule has 2 aromatic rings. The molecule has 0 unspecified atom stereocenters. The zero-order chi connectivity index (χ0) is 15.8. The second kappa shape index (κ2) is 5.01. The molecular weight excluding hydrogens is 309 g/mol. The molecule has 0 atom stereocenters. The van der Waals surface area contributed by atoms with Crippen LogP contribution in [0, 0.1) is 0 Å². The molecule has 1 aromatic carbocycles. The lowest BCUT2D eigenvalue weighted by atomic mass is 10.0. The maximum absolute atomic E-state index is 13.1. The maximum Gasteiger partial charge on any atom is 0.417 e. The van der Waals surface area contributed by atoms with Gasteiger partial charge in [-0.05, 0) is 29.8 Å². The summed E-state index contributed by atoms with van der Waals surface area (Å²) >= 11 is 0. The number of nitrogens with two attached hydrogens (primary N) is 1. The summed E-state index contributed by atoms with van der Waals surface area (Å²) in [4.78, 5) is 13.2. The van der Waals surface area contributed by atoms with E-state index in [1.807, 2.05) is 0 Å². The van der Waals surface area contributed by atoms with Crippen molar-refractivity contribution in [1.82, 2.24) is 4.98 Å². The van der Waals surface area contributed by atoms with Gasteiger partial charge in [-0.15, -0.1) is 0 Å². The summed E-state index contributed by atoms with van der Waals surface area (Å²) in [6, 6.07) is 4.82. The number of primary sulfonamides is 1. The number of aromatic nitrogens is 1. The number of alkyl halides is 3. The van der Waals surface area contributed by atoms with Gasteiger partial charge in [-0.2, -0.15) is 13.2 Å². The number of nitrogens with one attached hydrogen (secondary N) is 1. The van der Waals surface area contributed by atoms with E-state index >= 15 is 0 Å². The van der Waals surface area contributed by atoms with Crippen molar-refractivity contribution in [3.8, 4) is 11.1 Å². The van der Waals surface area contributed by atoms with Gasteiger partial charge in [-0.1, -0.05) is 6.07 Å². The largest absolute Gasteiger partial charge is 0.417 e. The van der Waals surface area contributed by atoms with Crippen LogP contribution < -0.4 is 10.7 Å². The monoisotopic (exact) mass is 318 g/mol. The highest BCUT2D eigenvalue weighted by Crippen LogP contribution is 2.37. The standard InChI is InChI=1S/C12H9F3N2O3S/c13-12(14,15)10-6-7(21(16,19)20)3-4-8(10)9-2-1-5-17-11(9)18/h1-6H,(H,17,18)(H2,16,19,20). The van der Waals surface area contributed by atoms with Gasteiger partial charge in [0, 0.05) is 11.8 Å². The van der Waals surface area contributed by atoms with E-state index in [4.69, 9.17) is 5.14 Å². The zero-order valence-electron chi connectivity index (χ0n) is 10.3. The number of hydrogen-bond acceptors (Lipinski definition) is 3. The number of halogens is 3. The molecule has 112 valence electrons. The molecule has 0 aliphatic heterocycles. The van der Waals surface area contributed by atoms with E-state index in [1.54, 1.807) is 0 Å². The summed E-state index contributed by atoms with van der Waals surface area (Å²) in [6.45, 7) is 0. The highest BCUT2D eigenvalue weighted by atomic mass is 32.2. The highest BCUT2D eigenvalue weighted by Gasteiger charge is 2.35. The van der Waals surface area contributed by atoms with Crippen LogP contribution in [0.5, 0.6) is 0 Å². The predicted octanol–water partition coefficient (Wildman–Crippen LogP) is 1.71. The summed E-state index contributed by atoms with van der Waals surface area (Å²) in [5.74, 6) is 0. The van der Waals surface area contributed by atoms with Gasteiger partial charge in [0.05, 0.1) is 10.5 Å². The Morgan fingerprint density at radius 1 is 1.10 bits per heavy atom. The summed E-state index contributed by atoms with van der Waals surface area (Å²) in [6.07, 6.45) is -3.56. The van der Waals surface area contributed by atoms with E-state index in [1.165, 1.54) is 18.3 Å². The predicted molar refractivity (Wildman–Crippen MR) is 68.9 cm³/mol. The normalized spacial score (nSPS) is 12.4. The van der Waals surface area contributed by atoms with Crippen molar-refractivity contribution < 1.29 is 21.6 Å². The van der Waals surface area contributed by atoms with Crippen LogP contribution in [0.25, 0.3) is 11.1 Å². The number of H-pyrrole nitrogens is 1. The Balaban J connectivity index is 2.80. The molecule has 0 saturated heterocycles. The number of pyridine rings is 1. The van der Waals surface area contributed by atoms with Gasteiger partial charge in [0.25, 0.3) is 5.56 Å². The Kier molecular flexibility index (Phi) is 3.64. The van der Waals surface area contributed by atoms with Gasteiger partial charge >= 0.3 is 6.18 Å². The maximum atomic E-state index is 13.1. The minimum atomic E-state index is -4.84. The summed E-state index contributed by atoms with van der Waals surface area (Å²) < 4.78 is 61.6. The summed E-state index contributed by atoms with van der Waals surface area (Å²) in [5.41, 5.74) is -2.60. The Labute approximate surface area is 117 Å². The highest BCUT2D eigenvalue weighted by molar-refractivity contribution is 7.89. The van der Waals surface area contributed by atoms with Crippen LogP contribution in [0.3, 0.4) is 0 Å². The van der Waals surface area contributed by atoms with Crippen LogP contribution in [0.4, 0.5) is 13.2 Å². The van der Waals surface area contributed by atoms with Gasteiger partial charge in [0.1, 0.15) is 0 Å². The van der Waals surface area contributed by atoms with Crippen LogP contribution in [-0.4, -0.2) is 13.4 Å². The first-order valence-electron chi connectivity index (χ1n) is 5.53. The Morgan fingerprint density at radius 2 is 1.76 bits per heavy atom.